The van der Waals surface area contributed by atoms with Gasteiger partial charge in [-0.3, -0.25) is 0 Å². The topological polar surface area (TPSA) is 31.9 Å². The molecule has 84 valence electrons. The third kappa shape index (κ3) is 1.48. The van der Waals surface area contributed by atoms with E-state index in [0.717, 1.165) is 21.8 Å². The average Bonchev–Trinajstić information content (AvgIpc) is 2.46. The van der Waals surface area contributed by atoms with Crippen LogP contribution in [-0.2, 0) is 0 Å². The Morgan fingerprint density at radius 3 is 2.00 bits per heavy atom. The van der Waals surface area contributed by atoms with Crippen LogP contribution in [0.25, 0.3) is 5.69 Å². The van der Waals surface area contributed by atoms with Gasteiger partial charge in [-0.25, -0.2) is 4.73 Å². The molecular formula is C13H16N2O. The van der Waals surface area contributed by atoms with E-state index in [0.29, 0.717) is 5.82 Å². The minimum atomic E-state index is 0.707. The van der Waals surface area contributed by atoms with Crippen molar-refractivity contribution in [2.24, 2.45) is 0 Å². The Morgan fingerprint density at radius 2 is 1.56 bits per heavy atom. The van der Waals surface area contributed by atoms with E-state index < -0.39 is 0 Å². The van der Waals surface area contributed by atoms with Gasteiger partial charge in [0.1, 0.15) is 17.1 Å². The lowest BCUT2D eigenvalue weighted by molar-refractivity contribution is -0.618. The first-order valence-corrected chi connectivity index (χ1v) is 5.37. The molecule has 0 aliphatic rings. The molecule has 0 spiro atoms. The van der Waals surface area contributed by atoms with E-state index in [2.05, 4.69) is 19.1 Å². The smallest absolute Gasteiger partial charge is 0.261 e. The highest BCUT2D eigenvalue weighted by molar-refractivity contribution is 5.37. The van der Waals surface area contributed by atoms with Gasteiger partial charge in [-0.2, -0.15) is 4.57 Å². The predicted octanol–water partition coefficient (Wildman–Crippen LogP) is 2.34. The van der Waals surface area contributed by atoms with Crippen molar-refractivity contribution in [1.29, 1.82) is 0 Å². The quantitative estimate of drug-likeness (QED) is 0.532. The molecular weight excluding hydrogens is 200 g/mol. The Balaban J connectivity index is 2.64. The van der Waals surface area contributed by atoms with Gasteiger partial charge in [-0.15, -0.1) is 0 Å². The minimum Gasteiger partial charge on any atom is -0.711 e. The summed E-state index contributed by atoms with van der Waals surface area (Å²) in [6.45, 7) is 7.71. The number of hydrogen-bond donors (Lipinski definition) is 0. The first-order valence-electron chi connectivity index (χ1n) is 5.37. The van der Waals surface area contributed by atoms with E-state index in [-0.39, 0.29) is 0 Å². The Bertz CT molecular complexity index is 498. The molecule has 0 saturated heterocycles. The Labute approximate surface area is 95.5 Å². The van der Waals surface area contributed by atoms with Gasteiger partial charge >= 0.3 is 0 Å². The average molecular weight is 216 g/mol. The summed E-state index contributed by atoms with van der Waals surface area (Å²) < 4.78 is 2.97. The van der Waals surface area contributed by atoms with Crippen LogP contribution >= 0.6 is 0 Å². The summed E-state index contributed by atoms with van der Waals surface area (Å²) in [5.74, 6) is 0.707. The number of aromatic nitrogens is 2. The summed E-state index contributed by atoms with van der Waals surface area (Å²) in [7, 11) is 0. The SMILES string of the molecule is Cc1ccc(-n2c(C)c(C)[n+]([O-])c2C)cc1. The molecule has 0 N–H and O–H groups in total. The molecule has 0 fully saturated rings. The largest absolute Gasteiger partial charge is 0.711 e. The Kier molecular flexibility index (Phi) is 2.46. The first-order chi connectivity index (χ1) is 7.52. The van der Waals surface area contributed by atoms with Gasteiger partial charge in [-0.05, 0) is 19.1 Å². The number of imidazole rings is 1. The fraction of sp³-hybridized carbons (Fsp3) is 0.308. The van der Waals surface area contributed by atoms with Crippen molar-refractivity contribution < 1.29 is 4.73 Å². The van der Waals surface area contributed by atoms with Crippen molar-refractivity contribution >= 4 is 0 Å². The van der Waals surface area contributed by atoms with Crippen LogP contribution < -0.4 is 4.73 Å². The van der Waals surface area contributed by atoms with Crippen molar-refractivity contribution in [2.45, 2.75) is 27.7 Å². The second kappa shape index (κ2) is 3.67. The molecule has 1 heterocycles. The zero-order chi connectivity index (χ0) is 11.9. The fourth-order valence-electron chi connectivity index (χ4n) is 1.96. The van der Waals surface area contributed by atoms with Crippen molar-refractivity contribution in [1.82, 2.24) is 4.57 Å². The highest BCUT2D eigenvalue weighted by atomic mass is 16.5. The van der Waals surface area contributed by atoms with E-state index in [1.54, 1.807) is 0 Å². The van der Waals surface area contributed by atoms with Gasteiger partial charge in [0, 0.05) is 20.8 Å². The number of nitrogens with zero attached hydrogens (tertiary/aromatic N) is 2. The number of aryl methyl sites for hydroxylation is 1. The minimum absolute atomic E-state index is 0.707. The van der Waals surface area contributed by atoms with E-state index in [1.165, 1.54) is 5.56 Å². The van der Waals surface area contributed by atoms with Crippen LogP contribution in [0.4, 0.5) is 0 Å². The predicted molar refractivity (Wildman–Crippen MR) is 63.7 cm³/mol. The van der Waals surface area contributed by atoms with Crippen LogP contribution in [0, 0.1) is 32.9 Å². The molecule has 0 aliphatic carbocycles. The van der Waals surface area contributed by atoms with Gasteiger partial charge in [0.05, 0.1) is 0 Å². The van der Waals surface area contributed by atoms with E-state index in [4.69, 9.17) is 0 Å². The Hall–Kier alpha value is -1.77. The molecule has 2 rings (SSSR count). The summed E-state index contributed by atoms with van der Waals surface area (Å²) in [6.07, 6.45) is 0. The molecule has 1 aromatic carbocycles. The van der Waals surface area contributed by atoms with Crippen molar-refractivity contribution in [3.05, 3.63) is 52.2 Å². The second-order valence-electron chi connectivity index (χ2n) is 4.18. The maximum absolute atomic E-state index is 11.7. The van der Waals surface area contributed by atoms with E-state index in [9.17, 15) is 5.21 Å². The molecule has 0 atom stereocenters. The number of hydrogen-bond acceptors (Lipinski definition) is 1. The monoisotopic (exact) mass is 216 g/mol. The van der Waals surface area contributed by atoms with Crippen LogP contribution in [0.3, 0.4) is 0 Å². The molecule has 0 radical (unpaired) electrons. The summed E-state index contributed by atoms with van der Waals surface area (Å²) in [6, 6.07) is 8.18. The summed E-state index contributed by atoms with van der Waals surface area (Å²) in [5, 5.41) is 11.7. The van der Waals surface area contributed by atoms with Gasteiger partial charge in [0.25, 0.3) is 5.82 Å². The third-order valence-corrected chi connectivity index (χ3v) is 3.07. The van der Waals surface area contributed by atoms with Gasteiger partial charge < -0.3 is 5.21 Å². The van der Waals surface area contributed by atoms with Crippen LogP contribution in [-0.4, -0.2) is 4.57 Å². The van der Waals surface area contributed by atoms with Gasteiger partial charge in [-0.1, -0.05) is 17.7 Å². The standard InChI is InChI=1S/C13H16N2O/c1-9-5-7-13(8-6-9)14-10(2)11(3)15(16)12(14)4/h5-8H,1-4H3. The molecule has 0 saturated carbocycles. The van der Waals surface area contributed by atoms with E-state index in [1.807, 2.05) is 37.5 Å². The van der Waals surface area contributed by atoms with Crippen molar-refractivity contribution in [3.8, 4) is 5.69 Å². The number of benzene rings is 1. The summed E-state index contributed by atoms with van der Waals surface area (Å²) >= 11 is 0. The lowest BCUT2D eigenvalue weighted by Gasteiger charge is -2.02. The molecule has 16 heavy (non-hydrogen) atoms. The molecule has 2 aromatic rings. The fourth-order valence-corrected chi connectivity index (χ4v) is 1.96. The molecule has 3 nitrogen and oxygen atoms in total. The van der Waals surface area contributed by atoms with Gasteiger partial charge in [0.2, 0.25) is 0 Å². The first kappa shape index (κ1) is 10.7. The lowest BCUT2D eigenvalue weighted by Crippen LogP contribution is -2.31. The van der Waals surface area contributed by atoms with Crippen LogP contribution in [0.5, 0.6) is 0 Å². The normalized spacial score (nSPS) is 10.8. The third-order valence-electron chi connectivity index (χ3n) is 3.07. The van der Waals surface area contributed by atoms with E-state index >= 15 is 0 Å². The molecule has 0 aliphatic heterocycles. The molecule has 0 bridgehead atoms. The maximum atomic E-state index is 11.7. The zero-order valence-corrected chi connectivity index (χ0v) is 10.1. The van der Waals surface area contributed by atoms with Gasteiger partial charge in [0.15, 0.2) is 0 Å². The maximum Gasteiger partial charge on any atom is 0.261 e. The molecule has 3 heteroatoms. The molecule has 1 aromatic heterocycles. The lowest BCUT2D eigenvalue weighted by atomic mass is 10.2. The second-order valence-corrected chi connectivity index (χ2v) is 4.18. The number of rotatable bonds is 1. The highest BCUT2D eigenvalue weighted by Crippen LogP contribution is 2.16. The Morgan fingerprint density at radius 1 is 1.00 bits per heavy atom. The zero-order valence-electron chi connectivity index (χ0n) is 10.1. The molecule has 0 unspecified atom stereocenters. The van der Waals surface area contributed by atoms with Crippen LogP contribution in [0.15, 0.2) is 24.3 Å². The highest BCUT2D eigenvalue weighted by Gasteiger charge is 2.19. The van der Waals surface area contributed by atoms with Crippen LogP contribution in [0.2, 0.25) is 0 Å². The summed E-state index contributed by atoms with van der Waals surface area (Å²) in [5.41, 5.74) is 4.02. The molecule has 0 amide bonds. The van der Waals surface area contributed by atoms with Crippen molar-refractivity contribution in [2.75, 3.05) is 0 Å². The summed E-state index contributed by atoms with van der Waals surface area (Å²) in [4.78, 5) is 0. The van der Waals surface area contributed by atoms with Crippen molar-refractivity contribution in [3.63, 3.8) is 0 Å². The van der Waals surface area contributed by atoms with Crippen LogP contribution in [0.1, 0.15) is 22.8 Å².